The van der Waals surface area contributed by atoms with E-state index < -0.39 is 0 Å². The van der Waals surface area contributed by atoms with Gasteiger partial charge in [0.05, 0.1) is 0 Å². The number of rotatable bonds is 4. The van der Waals surface area contributed by atoms with Crippen molar-refractivity contribution in [3.05, 3.63) is 0 Å². The van der Waals surface area contributed by atoms with Crippen molar-refractivity contribution in [3.8, 4) is 0 Å². The van der Waals surface area contributed by atoms with Gasteiger partial charge in [-0.25, -0.2) is 0 Å². The van der Waals surface area contributed by atoms with Crippen LogP contribution in [0.25, 0.3) is 0 Å². The van der Waals surface area contributed by atoms with Crippen LogP contribution >= 0.6 is 12.4 Å². The third-order valence-electron chi connectivity index (χ3n) is 1.32. The van der Waals surface area contributed by atoms with Gasteiger partial charge in [-0.05, 0) is 20.4 Å². The van der Waals surface area contributed by atoms with Crippen molar-refractivity contribution in [3.63, 3.8) is 0 Å². The fourth-order valence-corrected chi connectivity index (χ4v) is 0.503. The number of hydrogen-bond donors (Lipinski definition) is 2. The Morgan fingerprint density at radius 2 is 2.20 bits per heavy atom. The molecule has 0 aliphatic heterocycles. The quantitative estimate of drug-likeness (QED) is 0.631. The van der Waals surface area contributed by atoms with Crippen LogP contribution in [0.4, 0.5) is 0 Å². The van der Waals surface area contributed by atoms with E-state index in [1.807, 2.05) is 14.0 Å². The van der Waals surface area contributed by atoms with Gasteiger partial charge in [0.2, 0.25) is 5.91 Å². The molecule has 0 saturated carbocycles. The summed E-state index contributed by atoms with van der Waals surface area (Å²) < 4.78 is 0. The maximum atomic E-state index is 10.2. The Balaban J connectivity index is 0. The molecule has 4 heteroatoms. The summed E-state index contributed by atoms with van der Waals surface area (Å²) >= 11 is 0. The Morgan fingerprint density at radius 3 is 2.50 bits per heavy atom. The Bertz CT molecular complexity index is 97.7. The number of nitrogens with one attached hydrogen (secondary N) is 1. The Hall–Kier alpha value is -0.280. The van der Waals surface area contributed by atoms with Crippen molar-refractivity contribution in [2.45, 2.75) is 25.8 Å². The third kappa shape index (κ3) is 7.72. The van der Waals surface area contributed by atoms with E-state index in [0.717, 1.165) is 6.42 Å². The molecule has 0 aromatic rings. The fraction of sp³-hybridized carbons (Fsp3) is 0.833. The average molecular weight is 167 g/mol. The Labute approximate surface area is 67.8 Å². The van der Waals surface area contributed by atoms with Gasteiger partial charge in [0, 0.05) is 12.5 Å². The monoisotopic (exact) mass is 166 g/mol. The standard InChI is InChI=1S/C6H14N2O.ClH/c1-5(8-2)3-4-6(7)9;/h5,8H,3-4H2,1-2H3,(H2,7,9);1H. The van der Waals surface area contributed by atoms with Crippen LogP contribution in [0.1, 0.15) is 19.8 Å². The molecule has 0 bridgehead atoms. The van der Waals surface area contributed by atoms with Gasteiger partial charge in [0.1, 0.15) is 0 Å². The van der Waals surface area contributed by atoms with Crippen LogP contribution in [-0.2, 0) is 4.79 Å². The molecule has 0 radical (unpaired) electrons. The summed E-state index contributed by atoms with van der Waals surface area (Å²) in [5.41, 5.74) is 4.93. The Morgan fingerprint density at radius 1 is 1.70 bits per heavy atom. The van der Waals surface area contributed by atoms with Crippen LogP contribution in [0.15, 0.2) is 0 Å². The third-order valence-corrected chi connectivity index (χ3v) is 1.32. The van der Waals surface area contributed by atoms with E-state index >= 15 is 0 Å². The molecule has 0 rings (SSSR count). The molecular weight excluding hydrogens is 152 g/mol. The second-order valence-corrected chi connectivity index (χ2v) is 2.19. The highest BCUT2D eigenvalue weighted by Gasteiger charge is 1.99. The molecule has 0 aliphatic carbocycles. The minimum absolute atomic E-state index is 0. The van der Waals surface area contributed by atoms with Gasteiger partial charge in [-0.2, -0.15) is 0 Å². The molecule has 0 fully saturated rings. The van der Waals surface area contributed by atoms with Crippen molar-refractivity contribution in [2.24, 2.45) is 5.73 Å². The number of nitrogens with two attached hydrogens (primary N) is 1. The predicted molar refractivity (Wildman–Crippen MR) is 44.2 cm³/mol. The van der Waals surface area contributed by atoms with Crippen LogP contribution in [-0.4, -0.2) is 19.0 Å². The predicted octanol–water partition coefficient (Wildman–Crippen LogP) is 0.282. The minimum Gasteiger partial charge on any atom is -0.370 e. The van der Waals surface area contributed by atoms with E-state index in [0.29, 0.717) is 12.5 Å². The first kappa shape index (κ1) is 12.4. The molecule has 3 nitrogen and oxygen atoms in total. The highest BCUT2D eigenvalue weighted by Crippen LogP contribution is 1.92. The lowest BCUT2D eigenvalue weighted by Crippen LogP contribution is -2.23. The molecule has 0 spiro atoms. The van der Waals surface area contributed by atoms with Gasteiger partial charge in [-0.1, -0.05) is 0 Å². The summed E-state index contributed by atoms with van der Waals surface area (Å²) in [6, 6.07) is 0.387. The lowest BCUT2D eigenvalue weighted by atomic mass is 10.2. The van der Waals surface area contributed by atoms with Crippen molar-refractivity contribution in [1.29, 1.82) is 0 Å². The number of carbonyl (C=O) groups excluding carboxylic acids is 1. The minimum atomic E-state index is -0.225. The van der Waals surface area contributed by atoms with Gasteiger partial charge in [-0.3, -0.25) is 4.79 Å². The highest BCUT2D eigenvalue weighted by molar-refractivity contribution is 5.85. The lowest BCUT2D eigenvalue weighted by Gasteiger charge is -2.06. The second-order valence-electron chi connectivity index (χ2n) is 2.19. The van der Waals surface area contributed by atoms with E-state index in [4.69, 9.17) is 5.73 Å². The smallest absolute Gasteiger partial charge is 0.217 e. The first-order valence-electron chi connectivity index (χ1n) is 3.12. The molecule has 0 aliphatic rings. The summed E-state index contributed by atoms with van der Waals surface area (Å²) in [6.45, 7) is 2.02. The van der Waals surface area contributed by atoms with Crippen molar-refractivity contribution >= 4 is 18.3 Å². The van der Waals surface area contributed by atoms with Gasteiger partial charge in [0.15, 0.2) is 0 Å². The first-order valence-corrected chi connectivity index (χ1v) is 3.12. The lowest BCUT2D eigenvalue weighted by molar-refractivity contribution is -0.118. The largest absolute Gasteiger partial charge is 0.370 e. The van der Waals surface area contributed by atoms with E-state index in [-0.39, 0.29) is 18.3 Å². The molecule has 1 amide bonds. The second kappa shape index (κ2) is 6.83. The van der Waals surface area contributed by atoms with E-state index in [1.165, 1.54) is 0 Å². The van der Waals surface area contributed by atoms with Crippen molar-refractivity contribution < 1.29 is 4.79 Å². The highest BCUT2D eigenvalue weighted by atomic mass is 35.5. The number of halogens is 1. The average Bonchev–Trinajstić information content (AvgIpc) is 1.83. The zero-order valence-corrected chi connectivity index (χ0v) is 7.20. The molecule has 0 saturated heterocycles. The normalized spacial score (nSPS) is 11.8. The summed E-state index contributed by atoms with van der Waals surface area (Å²) in [5, 5.41) is 3.01. The van der Waals surface area contributed by atoms with Crippen LogP contribution in [0.5, 0.6) is 0 Å². The first-order chi connectivity index (χ1) is 4.16. The topological polar surface area (TPSA) is 55.1 Å². The maximum absolute atomic E-state index is 10.2. The molecule has 1 atom stereocenters. The van der Waals surface area contributed by atoms with Gasteiger partial charge in [-0.15, -0.1) is 12.4 Å². The molecular formula is C6H15ClN2O. The molecule has 3 N–H and O–H groups in total. The number of carbonyl (C=O) groups is 1. The van der Waals surface area contributed by atoms with Crippen LogP contribution in [0.3, 0.4) is 0 Å². The Kier molecular flexibility index (Phi) is 8.48. The fourth-order valence-electron chi connectivity index (χ4n) is 0.503. The summed E-state index contributed by atoms with van der Waals surface area (Å²) in [4.78, 5) is 10.2. The van der Waals surface area contributed by atoms with E-state index in [9.17, 15) is 4.79 Å². The van der Waals surface area contributed by atoms with Crippen molar-refractivity contribution in [2.75, 3.05) is 7.05 Å². The van der Waals surface area contributed by atoms with Crippen LogP contribution < -0.4 is 11.1 Å². The molecule has 0 aromatic carbocycles. The van der Waals surface area contributed by atoms with Gasteiger partial charge in [0.25, 0.3) is 0 Å². The number of amides is 1. The summed E-state index contributed by atoms with van der Waals surface area (Å²) in [6.07, 6.45) is 1.30. The van der Waals surface area contributed by atoms with E-state index in [1.54, 1.807) is 0 Å². The van der Waals surface area contributed by atoms with Gasteiger partial charge < -0.3 is 11.1 Å². The maximum Gasteiger partial charge on any atom is 0.217 e. The zero-order valence-electron chi connectivity index (χ0n) is 6.39. The number of hydrogen-bond acceptors (Lipinski definition) is 2. The van der Waals surface area contributed by atoms with Crippen molar-refractivity contribution in [1.82, 2.24) is 5.32 Å². The van der Waals surface area contributed by atoms with Gasteiger partial charge >= 0.3 is 0 Å². The SMILES string of the molecule is CNC(C)CCC(N)=O.Cl. The summed E-state index contributed by atoms with van der Waals surface area (Å²) in [7, 11) is 1.87. The van der Waals surface area contributed by atoms with E-state index in [2.05, 4.69) is 5.32 Å². The summed E-state index contributed by atoms with van der Waals surface area (Å²) in [5.74, 6) is -0.225. The molecule has 10 heavy (non-hydrogen) atoms. The molecule has 0 heterocycles. The zero-order chi connectivity index (χ0) is 7.28. The molecule has 62 valence electrons. The molecule has 0 aromatic heterocycles. The van der Waals surface area contributed by atoms with Crippen LogP contribution in [0, 0.1) is 0 Å². The van der Waals surface area contributed by atoms with Crippen LogP contribution in [0.2, 0.25) is 0 Å². The number of primary amides is 1. The molecule has 1 unspecified atom stereocenters.